The summed E-state index contributed by atoms with van der Waals surface area (Å²) < 4.78 is 13.8. The van der Waals surface area contributed by atoms with Crippen molar-refractivity contribution in [1.29, 1.82) is 0 Å². The van der Waals surface area contributed by atoms with Gasteiger partial charge in [-0.2, -0.15) is 0 Å². The number of amides is 1. The molecule has 2 heterocycles. The minimum Gasteiger partial charge on any atom is -0.371 e. The maximum atomic E-state index is 13.8. The Morgan fingerprint density at radius 3 is 2.66 bits per heavy atom. The van der Waals surface area contributed by atoms with Gasteiger partial charge in [-0.15, -0.1) is 0 Å². The maximum absolute atomic E-state index is 13.8. The zero-order valence-corrected chi connectivity index (χ0v) is 16.6. The fourth-order valence-corrected chi connectivity index (χ4v) is 4.73. The number of nitrogens with one attached hydrogen (secondary N) is 1. The number of pyridine rings is 1. The van der Waals surface area contributed by atoms with Crippen LogP contribution in [0.1, 0.15) is 19.3 Å². The number of hydrogen-bond acceptors (Lipinski definition) is 3. The molecule has 1 atom stereocenters. The summed E-state index contributed by atoms with van der Waals surface area (Å²) in [5.74, 6) is -0.0921. The molecule has 1 aromatic heterocycles. The van der Waals surface area contributed by atoms with Crippen molar-refractivity contribution in [1.82, 2.24) is 4.98 Å². The van der Waals surface area contributed by atoms with Crippen LogP contribution >= 0.6 is 11.6 Å². The van der Waals surface area contributed by atoms with Crippen LogP contribution in [0.25, 0.3) is 10.9 Å². The van der Waals surface area contributed by atoms with Crippen molar-refractivity contribution in [3.8, 4) is 0 Å². The molecule has 0 radical (unpaired) electrons. The Kier molecular flexibility index (Phi) is 4.43. The molecule has 1 spiro atoms. The van der Waals surface area contributed by atoms with E-state index in [1.807, 2.05) is 18.2 Å². The molecular weight excluding hydrogens is 389 g/mol. The van der Waals surface area contributed by atoms with Gasteiger partial charge in [0.25, 0.3) is 0 Å². The van der Waals surface area contributed by atoms with E-state index in [0.29, 0.717) is 5.02 Å². The molecule has 2 aromatic carbocycles. The van der Waals surface area contributed by atoms with E-state index in [2.05, 4.69) is 15.2 Å². The second kappa shape index (κ2) is 6.99. The number of anilines is 2. The lowest BCUT2D eigenvalue weighted by Crippen LogP contribution is -2.36. The molecule has 4 nitrogen and oxygen atoms in total. The molecule has 6 heteroatoms. The number of aromatic nitrogens is 1. The summed E-state index contributed by atoms with van der Waals surface area (Å²) in [7, 11) is 0. The number of piperidine rings is 1. The predicted molar refractivity (Wildman–Crippen MR) is 114 cm³/mol. The van der Waals surface area contributed by atoms with Gasteiger partial charge >= 0.3 is 0 Å². The number of nitrogens with zero attached hydrogens (tertiary/aromatic N) is 2. The van der Waals surface area contributed by atoms with E-state index in [1.165, 1.54) is 6.07 Å². The van der Waals surface area contributed by atoms with Gasteiger partial charge in [-0.1, -0.05) is 11.6 Å². The van der Waals surface area contributed by atoms with Crippen LogP contribution in [-0.4, -0.2) is 24.0 Å². The number of rotatable bonds is 3. The van der Waals surface area contributed by atoms with Crippen molar-refractivity contribution in [2.24, 2.45) is 11.3 Å². The molecule has 1 amide bonds. The molecular formula is C23H21ClFN3O. The van der Waals surface area contributed by atoms with E-state index in [0.717, 1.165) is 54.6 Å². The van der Waals surface area contributed by atoms with Crippen LogP contribution in [0.3, 0.4) is 0 Å². The van der Waals surface area contributed by atoms with Gasteiger partial charge in [0.2, 0.25) is 5.91 Å². The summed E-state index contributed by atoms with van der Waals surface area (Å²) in [6.45, 7) is 1.72. The van der Waals surface area contributed by atoms with Crippen LogP contribution in [0.4, 0.5) is 15.8 Å². The fraction of sp³-hybridized carbons (Fsp3) is 0.304. The van der Waals surface area contributed by atoms with E-state index >= 15 is 0 Å². The van der Waals surface area contributed by atoms with E-state index in [1.54, 1.807) is 30.5 Å². The first-order valence-electron chi connectivity index (χ1n) is 9.90. The van der Waals surface area contributed by atoms with Crippen molar-refractivity contribution >= 4 is 39.8 Å². The lowest BCUT2D eigenvalue weighted by Gasteiger charge is -2.35. The highest BCUT2D eigenvalue weighted by molar-refractivity contribution is 6.30. The monoisotopic (exact) mass is 409 g/mol. The van der Waals surface area contributed by atoms with E-state index in [4.69, 9.17) is 11.6 Å². The van der Waals surface area contributed by atoms with Crippen molar-refractivity contribution in [3.05, 3.63) is 65.6 Å². The molecule has 29 heavy (non-hydrogen) atoms. The first-order valence-corrected chi connectivity index (χ1v) is 10.3. The zero-order chi connectivity index (χ0) is 20.0. The maximum Gasteiger partial charge on any atom is 0.228 e. The van der Waals surface area contributed by atoms with E-state index in [9.17, 15) is 9.18 Å². The fourth-order valence-electron chi connectivity index (χ4n) is 4.61. The van der Waals surface area contributed by atoms with Crippen LogP contribution in [0, 0.1) is 17.2 Å². The quantitative estimate of drug-likeness (QED) is 0.640. The molecule has 2 fully saturated rings. The minimum atomic E-state index is -0.249. The number of carbonyl (C=O) groups is 1. The summed E-state index contributed by atoms with van der Waals surface area (Å²) >= 11 is 5.91. The molecule has 0 unspecified atom stereocenters. The molecule has 2 aliphatic rings. The Bertz CT molecular complexity index is 1080. The van der Waals surface area contributed by atoms with Crippen LogP contribution < -0.4 is 10.2 Å². The molecule has 3 aromatic rings. The van der Waals surface area contributed by atoms with E-state index < -0.39 is 0 Å². The highest BCUT2D eigenvalue weighted by atomic mass is 35.5. The molecule has 1 saturated carbocycles. The average molecular weight is 410 g/mol. The van der Waals surface area contributed by atoms with Crippen molar-refractivity contribution in [3.63, 3.8) is 0 Å². The van der Waals surface area contributed by atoms with Crippen LogP contribution in [0.5, 0.6) is 0 Å². The first-order chi connectivity index (χ1) is 14.0. The summed E-state index contributed by atoms with van der Waals surface area (Å²) in [4.78, 5) is 19.3. The molecule has 1 aliphatic heterocycles. The number of fused-ring (bicyclic) bond motifs is 1. The normalized spacial score (nSPS) is 20.1. The van der Waals surface area contributed by atoms with Crippen LogP contribution in [0.15, 0.2) is 54.7 Å². The Labute approximate surface area is 173 Å². The van der Waals surface area contributed by atoms with Gasteiger partial charge in [0.1, 0.15) is 5.82 Å². The SMILES string of the molecule is O=C(Nc1ccc(Cl)cc1)[C@@H]1CC12CCN(c1ccnc3ccc(F)cc13)CC2. The zero-order valence-electron chi connectivity index (χ0n) is 15.9. The second-order valence-corrected chi connectivity index (χ2v) is 8.53. The molecule has 1 saturated heterocycles. The summed E-state index contributed by atoms with van der Waals surface area (Å²) in [6, 6.07) is 13.9. The Morgan fingerprint density at radius 1 is 1.14 bits per heavy atom. The van der Waals surface area contributed by atoms with Gasteiger partial charge in [0.15, 0.2) is 0 Å². The third-order valence-electron chi connectivity index (χ3n) is 6.40. The molecule has 0 bridgehead atoms. The standard InChI is InChI=1S/C23H21ClFN3O/c24-15-1-4-17(5-2-15)27-22(29)19-14-23(19)8-11-28(12-9-23)21-7-10-26-20-6-3-16(25)13-18(20)21/h1-7,10,13,19H,8-9,11-12,14H2,(H,27,29)/t19-/m0/s1. The average Bonchev–Trinajstić information content (AvgIpc) is 3.43. The third-order valence-corrected chi connectivity index (χ3v) is 6.65. The van der Waals surface area contributed by atoms with Gasteiger partial charge in [-0.3, -0.25) is 9.78 Å². The van der Waals surface area contributed by atoms with Crippen LogP contribution in [0.2, 0.25) is 5.02 Å². The number of hydrogen-bond donors (Lipinski definition) is 1. The molecule has 148 valence electrons. The van der Waals surface area contributed by atoms with Gasteiger partial charge in [0, 0.05) is 47.0 Å². The summed E-state index contributed by atoms with van der Waals surface area (Å²) in [5, 5.41) is 4.51. The molecule has 5 rings (SSSR count). The number of carbonyl (C=O) groups excluding carboxylic acids is 1. The summed E-state index contributed by atoms with van der Waals surface area (Å²) in [6.07, 6.45) is 4.64. The smallest absolute Gasteiger partial charge is 0.228 e. The first kappa shape index (κ1) is 18.4. The Balaban J connectivity index is 1.26. The van der Waals surface area contributed by atoms with Crippen molar-refractivity contribution in [2.45, 2.75) is 19.3 Å². The summed E-state index contributed by atoms with van der Waals surface area (Å²) in [5.41, 5.74) is 2.70. The lowest BCUT2D eigenvalue weighted by atomic mass is 9.90. The van der Waals surface area contributed by atoms with Crippen molar-refractivity contribution < 1.29 is 9.18 Å². The highest BCUT2D eigenvalue weighted by Gasteiger charge is 2.58. The van der Waals surface area contributed by atoms with Gasteiger partial charge in [-0.25, -0.2) is 4.39 Å². The predicted octanol–water partition coefficient (Wildman–Crippen LogP) is 5.27. The molecule has 1 N–H and O–H groups in total. The highest BCUT2D eigenvalue weighted by Crippen LogP contribution is 2.60. The van der Waals surface area contributed by atoms with Crippen molar-refractivity contribution in [2.75, 3.05) is 23.3 Å². The Morgan fingerprint density at radius 2 is 1.90 bits per heavy atom. The minimum absolute atomic E-state index is 0.0620. The topological polar surface area (TPSA) is 45.2 Å². The van der Waals surface area contributed by atoms with Gasteiger partial charge in [0.05, 0.1) is 5.52 Å². The lowest BCUT2D eigenvalue weighted by molar-refractivity contribution is -0.118. The van der Waals surface area contributed by atoms with E-state index in [-0.39, 0.29) is 23.1 Å². The third kappa shape index (κ3) is 3.44. The van der Waals surface area contributed by atoms with Gasteiger partial charge < -0.3 is 10.2 Å². The number of benzene rings is 2. The Hall–Kier alpha value is -2.66. The van der Waals surface area contributed by atoms with Gasteiger partial charge in [-0.05, 0) is 73.2 Å². The van der Waals surface area contributed by atoms with Crippen LogP contribution in [-0.2, 0) is 4.79 Å². The largest absolute Gasteiger partial charge is 0.371 e. The second-order valence-electron chi connectivity index (χ2n) is 8.09. The molecule has 1 aliphatic carbocycles. The number of halogens is 2.